The third kappa shape index (κ3) is 2.27. The third-order valence-corrected chi connectivity index (χ3v) is 4.51. The molecule has 0 radical (unpaired) electrons. The fraction of sp³-hybridized carbons (Fsp3) is 0.400. The third-order valence-electron chi connectivity index (χ3n) is 4.51. The largest absolute Gasteiger partial charge is 0.346 e. The quantitative estimate of drug-likeness (QED) is 0.550. The SMILES string of the molecule is CCCCCOC1(OC)c2ccccc2-c2cccc(C)c21. The highest BCUT2D eigenvalue weighted by Crippen LogP contribution is 2.51. The Morgan fingerprint density at radius 1 is 0.955 bits per heavy atom. The Balaban J connectivity index is 2.09. The summed E-state index contributed by atoms with van der Waals surface area (Å²) in [6.45, 7) is 5.05. The predicted molar refractivity (Wildman–Crippen MR) is 89.9 cm³/mol. The highest BCUT2D eigenvalue weighted by molar-refractivity contribution is 5.80. The lowest BCUT2D eigenvalue weighted by molar-refractivity contribution is -0.199. The summed E-state index contributed by atoms with van der Waals surface area (Å²) >= 11 is 0. The topological polar surface area (TPSA) is 18.5 Å². The summed E-state index contributed by atoms with van der Waals surface area (Å²) in [5.41, 5.74) is 5.95. The van der Waals surface area contributed by atoms with Gasteiger partial charge in [0, 0.05) is 18.2 Å². The van der Waals surface area contributed by atoms with Crippen LogP contribution in [0, 0.1) is 6.92 Å². The molecule has 0 aliphatic heterocycles. The fourth-order valence-electron chi connectivity index (χ4n) is 3.46. The summed E-state index contributed by atoms with van der Waals surface area (Å²) in [4.78, 5) is 0. The molecule has 0 saturated heterocycles. The van der Waals surface area contributed by atoms with E-state index in [0.717, 1.165) is 17.5 Å². The maximum absolute atomic E-state index is 6.35. The van der Waals surface area contributed by atoms with Gasteiger partial charge in [-0.1, -0.05) is 62.2 Å². The van der Waals surface area contributed by atoms with Crippen molar-refractivity contribution in [3.05, 3.63) is 59.2 Å². The monoisotopic (exact) mass is 296 g/mol. The second-order valence-electron chi connectivity index (χ2n) is 5.92. The molecule has 2 nitrogen and oxygen atoms in total. The minimum absolute atomic E-state index is 0.712. The van der Waals surface area contributed by atoms with Crippen LogP contribution in [-0.4, -0.2) is 13.7 Å². The van der Waals surface area contributed by atoms with E-state index in [1.54, 1.807) is 7.11 Å². The molecule has 0 bridgehead atoms. The molecule has 0 aromatic heterocycles. The molecule has 0 N–H and O–H groups in total. The number of unbranched alkanes of at least 4 members (excludes halogenated alkanes) is 2. The van der Waals surface area contributed by atoms with Crippen LogP contribution < -0.4 is 0 Å². The van der Waals surface area contributed by atoms with Gasteiger partial charge in [0.25, 0.3) is 0 Å². The van der Waals surface area contributed by atoms with Gasteiger partial charge in [0.05, 0.1) is 6.61 Å². The van der Waals surface area contributed by atoms with E-state index >= 15 is 0 Å². The van der Waals surface area contributed by atoms with Crippen LogP contribution in [-0.2, 0) is 15.3 Å². The first-order chi connectivity index (χ1) is 10.7. The minimum atomic E-state index is -0.759. The number of fused-ring (bicyclic) bond motifs is 3. The normalized spacial score (nSPS) is 19.0. The van der Waals surface area contributed by atoms with Crippen molar-refractivity contribution in [1.29, 1.82) is 0 Å². The first-order valence-corrected chi connectivity index (χ1v) is 8.13. The van der Waals surface area contributed by atoms with Crippen LogP contribution in [0.4, 0.5) is 0 Å². The van der Waals surface area contributed by atoms with Gasteiger partial charge in [-0.15, -0.1) is 0 Å². The summed E-state index contributed by atoms with van der Waals surface area (Å²) in [6.07, 6.45) is 3.43. The lowest BCUT2D eigenvalue weighted by atomic mass is 9.98. The number of hydrogen-bond acceptors (Lipinski definition) is 2. The van der Waals surface area contributed by atoms with E-state index in [2.05, 4.69) is 56.3 Å². The van der Waals surface area contributed by atoms with Crippen molar-refractivity contribution in [2.75, 3.05) is 13.7 Å². The Bertz CT molecular complexity index is 663. The number of methoxy groups -OCH3 is 1. The summed E-state index contributed by atoms with van der Waals surface area (Å²) in [7, 11) is 1.75. The molecule has 2 aromatic rings. The van der Waals surface area contributed by atoms with Crippen molar-refractivity contribution < 1.29 is 9.47 Å². The molecule has 0 fully saturated rings. The standard InChI is InChI=1S/C20H24O2/c1-4-5-8-14-22-20(21-3)18-13-7-6-11-16(18)17-12-9-10-15(2)19(17)20/h6-7,9-13H,4-5,8,14H2,1-3H3. The van der Waals surface area contributed by atoms with E-state index in [1.165, 1.54) is 29.5 Å². The summed E-state index contributed by atoms with van der Waals surface area (Å²) in [5, 5.41) is 0. The summed E-state index contributed by atoms with van der Waals surface area (Å²) < 4.78 is 12.3. The Morgan fingerprint density at radius 3 is 2.50 bits per heavy atom. The van der Waals surface area contributed by atoms with Crippen molar-refractivity contribution in [3.63, 3.8) is 0 Å². The second kappa shape index (κ2) is 6.23. The van der Waals surface area contributed by atoms with Crippen LogP contribution in [0.5, 0.6) is 0 Å². The molecule has 3 rings (SSSR count). The molecule has 0 saturated carbocycles. The van der Waals surface area contributed by atoms with Crippen molar-refractivity contribution in [1.82, 2.24) is 0 Å². The lowest BCUT2D eigenvalue weighted by Gasteiger charge is -2.31. The van der Waals surface area contributed by atoms with Crippen LogP contribution in [0.2, 0.25) is 0 Å². The van der Waals surface area contributed by atoms with E-state index < -0.39 is 5.79 Å². The van der Waals surface area contributed by atoms with E-state index in [1.807, 2.05) is 0 Å². The summed E-state index contributed by atoms with van der Waals surface area (Å²) in [6, 6.07) is 14.8. The molecule has 1 unspecified atom stereocenters. The van der Waals surface area contributed by atoms with Gasteiger partial charge >= 0.3 is 0 Å². The molecule has 116 valence electrons. The molecule has 22 heavy (non-hydrogen) atoms. The van der Waals surface area contributed by atoms with Gasteiger partial charge < -0.3 is 9.47 Å². The highest BCUT2D eigenvalue weighted by Gasteiger charge is 2.45. The number of hydrogen-bond donors (Lipinski definition) is 0. The van der Waals surface area contributed by atoms with Crippen molar-refractivity contribution in [2.24, 2.45) is 0 Å². The van der Waals surface area contributed by atoms with Crippen LogP contribution >= 0.6 is 0 Å². The Morgan fingerprint density at radius 2 is 1.73 bits per heavy atom. The van der Waals surface area contributed by atoms with Gasteiger partial charge in [-0.3, -0.25) is 0 Å². The smallest absolute Gasteiger partial charge is 0.223 e. The maximum atomic E-state index is 6.35. The fourth-order valence-corrected chi connectivity index (χ4v) is 3.46. The molecule has 1 aliphatic rings. The van der Waals surface area contributed by atoms with Gasteiger partial charge in [-0.05, 0) is 30.0 Å². The van der Waals surface area contributed by atoms with Crippen LogP contribution in [0.1, 0.15) is 42.9 Å². The Kier molecular flexibility index (Phi) is 4.32. The second-order valence-corrected chi connectivity index (χ2v) is 5.92. The molecule has 2 aromatic carbocycles. The van der Waals surface area contributed by atoms with Crippen molar-refractivity contribution >= 4 is 0 Å². The average molecular weight is 296 g/mol. The Labute approximate surface area is 133 Å². The summed E-state index contributed by atoms with van der Waals surface area (Å²) in [5.74, 6) is -0.759. The molecule has 0 spiro atoms. The maximum Gasteiger partial charge on any atom is 0.223 e. The predicted octanol–water partition coefficient (Wildman–Crippen LogP) is 5.03. The zero-order chi connectivity index (χ0) is 15.6. The lowest BCUT2D eigenvalue weighted by Crippen LogP contribution is -2.32. The van der Waals surface area contributed by atoms with E-state index in [9.17, 15) is 0 Å². The van der Waals surface area contributed by atoms with E-state index in [0.29, 0.717) is 6.61 Å². The molecular formula is C20H24O2. The number of ether oxygens (including phenoxy) is 2. The van der Waals surface area contributed by atoms with Crippen LogP contribution in [0.25, 0.3) is 11.1 Å². The molecule has 1 atom stereocenters. The van der Waals surface area contributed by atoms with Gasteiger partial charge in [0.1, 0.15) is 0 Å². The highest BCUT2D eigenvalue weighted by atomic mass is 16.7. The minimum Gasteiger partial charge on any atom is -0.346 e. The first kappa shape index (κ1) is 15.3. The molecule has 2 heteroatoms. The number of rotatable bonds is 6. The van der Waals surface area contributed by atoms with E-state index in [-0.39, 0.29) is 0 Å². The van der Waals surface area contributed by atoms with Gasteiger partial charge in [0.15, 0.2) is 0 Å². The zero-order valence-electron chi connectivity index (χ0n) is 13.7. The molecule has 1 aliphatic carbocycles. The molecular weight excluding hydrogens is 272 g/mol. The average Bonchev–Trinajstić information content (AvgIpc) is 2.84. The number of benzene rings is 2. The van der Waals surface area contributed by atoms with Crippen LogP contribution in [0.3, 0.4) is 0 Å². The van der Waals surface area contributed by atoms with Gasteiger partial charge in [-0.25, -0.2) is 0 Å². The molecule has 0 heterocycles. The Hall–Kier alpha value is -1.64. The van der Waals surface area contributed by atoms with E-state index in [4.69, 9.17) is 9.47 Å². The van der Waals surface area contributed by atoms with Crippen LogP contribution in [0.15, 0.2) is 42.5 Å². The van der Waals surface area contributed by atoms with Crippen molar-refractivity contribution in [2.45, 2.75) is 38.9 Å². The first-order valence-electron chi connectivity index (χ1n) is 8.13. The number of aryl methyl sites for hydroxylation is 1. The van der Waals surface area contributed by atoms with Gasteiger partial charge in [0.2, 0.25) is 5.79 Å². The molecule has 0 amide bonds. The van der Waals surface area contributed by atoms with Gasteiger partial charge in [-0.2, -0.15) is 0 Å². The van der Waals surface area contributed by atoms with Crippen molar-refractivity contribution in [3.8, 4) is 11.1 Å². The zero-order valence-corrected chi connectivity index (χ0v) is 13.7.